The van der Waals surface area contributed by atoms with E-state index < -0.39 is 0 Å². The zero-order chi connectivity index (χ0) is 14.7. The van der Waals surface area contributed by atoms with Gasteiger partial charge in [-0.15, -0.1) is 0 Å². The molecule has 2 heteroatoms. The Balaban J connectivity index is 2.36. The topological polar surface area (TPSA) is 29.5 Å². The fourth-order valence-corrected chi connectivity index (χ4v) is 2.72. The molecule has 0 radical (unpaired) electrons. The van der Waals surface area contributed by atoms with Gasteiger partial charge in [0.1, 0.15) is 11.5 Å². The van der Waals surface area contributed by atoms with Crippen LogP contribution >= 0.6 is 0 Å². The predicted molar refractivity (Wildman–Crippen MR) is 83.9 cm³/mol. The van der Waals surface area contributed by atoms with Crippen LogP contribution in [-0.4, -0.2) is 12.2 Å². The Labute approximate surface area is 121 Å². The average molecular weight is 272 g/mol. The first-order valence-corrected chi connectivity index (χ1v) is 7.31. The monoisotopic (exact) mass is 272 g/mol. The summed E-state index contributed by atoms with van der Waals surface area (Å²) in [6.45, 7) is 6.47. The molecule has 1 aromatic rings. The molecule has 0 unspecified atom stereocenters. The predicted octanol–water partition coefficient (Wildman–Crippen LogP) is 4.98. The lowest BCUT2D eigenvalue weighted by Gasteiger charge is -2.26. The summed E-state index contributed by atoms with van der Waals surface area (Å²) in [5.74, 6) is 2.17. The van der Waals surface area contributed by atoms with Gasteiger partial charge in [0.05, 0.1) is 7.11 Å². The van der Waals surface area contributed by atoms with Crippen molar-refractivity contribution >= 4 is 6.08 Å². The van der Waals surface area contributed by atoms with Crippen molar-refractivity contribution in [1.29, 1.82) is 0 Å². The Morgan fingerprint density at radius 1 is 1.25 bits per heavy atom. The molecule has 2 rings (SSSR count). The maximum absolute atomic E-state index is 10.5. The lowest BCUT2D eigenvalue weighted by atomic mass is 9.80. The van der Waals surface area contributed by atoms with Crippen molar-refractivity contribution in [2.75, 3.05) is 7.11 Å². The van der Waals surface area contributed by atoms with E-state index in [9.17, 15) is 5.11 Å². The Kier molecular flexibility index (Phi) is 4.53. The fraction of sp³-hybridized carbons (Fsp3) is 0.444. The third kappa shape index (κ3) is 3.06. The molecule has 0 heterocycles. The maximum atomic E-state index is 10.5. The molecule has 1 aliphatic rings. The molecule has 1 aliphatic carbocycles. The van der Waals surface area contributed by atoms with Gasteiger partial charge in [-0.1, -0.05) is 32.9 Å². The van der Waals surface area contributed by atoms with Crippen molar-refractivity contribution < 1.29 is 9.84 Å². The van der Waals surface area contributed by atoms with Gasteiger partial charge in [-0.05, 0) is 59.6 Å². The van der Waals surface area contributed by atoms with E-state index >= 15 is 0 Å². The highest BCUT2D eigenvalue weighted by Crippen LogP contribution is 2.37. The summed E-state index contributed by atoms with van der Waals surface area (Å²) in [6.07, 6.45) is 4.21. The molecule has 0 fully saturated rings. The molecule has 0 aliphatic heterocycles. The van der Waals surface area contributed by atoms with Crippen molar-refractivity contribution in [3.8, 4) is 5.75 Å². The molecule has 0 saturated carbocycles. The van der Waals surface area contributed by atoms with Gasteiger partial charge in [0, 0.05) is 0 Å². The van der Waals surface area contributed by atoms with Gasteiger partial charge in [-0.25, -0.2) is 0 Å². The second-order valence-corrected chi connectivity index (χ2v) is 5.84. The van der Waals surface area contributed by atoms with Gasteiger partial charge >= 0.3 is 0 Å². The zero-order valence-electron chi connectivity index (χ0n) is 12.8. The molecular weight excluding hydrogens is 248 g/mol. The number of hydrogen-bond acceptors (Lipinski definition) is 2. The lowest BCUT2D eigenvalue weighted by Crippen LogP contribution is -2.14. The third-order valence-corrected chi connectivity index (χ3v) is 4.09. The van der Waals surface area contributed by atoms with Crippen LogP contribution in [0, 0.1) is 11.8 Å². The number of aliphatic hydroxyl groups excluding tert-OH is 1. The van der Waals surface area contributed by atoms with Crippen LogP contribution in [0.2, 0.25) is 0 Å². The van der Waals surface area contributed by atoms with Crippen molar-refractivity contribution in [3.63, 3.8) is 0 Å². The van der Waals surface area contributed by atoms with E-state index in [1.54, 1.807) is 7.11 Å². The summed E-state index contributed by atoms with van der Waals surface area (Å²) in [5, 5.41) is 10.5. The zero-order valence-corrected chi connectivity index (χ0v) is 12.8. The maximum Gasteiger partial charge on any atom is 0.118 e. The molecule has 1 aromatic carbocycles. The van der Waals surface area contributed by atoms with E-state index in [0.29, 0.717) is 17.6 Å². The molecule has 0 spiro atoms. The van der Waals surface area contributed by atoms with Gasteiger partial charge in [0.25, 0.3) is 0 Å². The van der Waals surface area contributed by atoms with E-state index in [1.807, 2.05) is 24.3 Å². The van der Waals surface area contributed by atoms with Gasteiger partial charge in [0.15, 0.2) is 0 Å². The summed E-state index contributed by atoms with van der Waals surface area (Å²) >= 11 is 0. The Hall–Kier alpha value is -1.70. The molecule has 0 bridgehead atoms. The molecule has 1 N–H and O–H groups in total. The summed E-state index contributed by atoms with van der Waals surface area (Å²) in [4.78, 5) is 0. The number of rotatable bonds is 3. The average Bonchev–Trinajstić information content (AvgIpc) is 2.43. The number of ether oxygens (including phenoxy) is 1. The molecule has 20 heavy (non-hydrogen) atoms. The van der Waals surface area contributed by atoms with Crippen LogP contribution in [0.15, 0.2) is 41.2 Å². The minimum atomic E-state index is 0.402. The third-order valence-electron chi connectivity index (χ3n) is 4.09. The van der Waals surface area contributed by atoms with E-state index in [2.05, 4.69) is 26.8 Å². The quantitative estimate of drug-likeness (QED) is 0.841. The molecule has 0 saturated heterocycles. The van der Waals surface area contributed by atoms with Crippen LogP contribution in [0.4, 0.5) is 0 Å². The number of allylic oxidation sites excluding steroid dienone is 2. The van der Waals surface area contributed by atoms with Crippen molar-refractivity contribution in [2.24, 2.45) is 11.8 Å². The first-order valence-electron chi connectivity index (χ1n) is 7.31. The van der Waals surface area contributed by atoms with E-state index in [-0.39, 0.29) is 0 Å². The van der Waals surface area contributed by atoms with Crippen LogP contribution in [0.1, 0.15) is 39.2 Å². The normalized spacial score (nSPS) is 21.6. The Morgan fingerprint density at radius 3 is 2.45 bits per heavy atom. The van der Waals surface area contributed by atoms with E-state index in [1.165, 1.54) is 5.57 Å². The molecule has 0 amide bonds. The Morgan fingerprint density at radius 2 is 1.90 bits per heavy atom. The highest BCUT2D eigenvalue weighted by atomic mass is 16.5. The smallest absolute Gasteiger partial charge is 0.118 e. The molecule has 2 nitrogen and oxygen atoms in total. The minimum Gasteiger partial charge on any atom is -0.508 e. The minimum absolute atomic E-state index is 0.402. The van der Waals surface area contributed by atoms with E-state index in [4.69, 9.17) is 4.74 Å². The Bertz CT molecular complexity index is 521. The number of benzene rings is 1. The molecule has 0 aromatic heterocycles. The van der Waals surface area contributed by atoms with Crippen LogP contribution in [0.25, 0.3) is 6.08 Å². The summed E-state index contributed by atoms with van der Waals surface area (Å²) in [6, 6.07) is 7.94. The summed E-state index contributed by atoms with van der Waals surface area (Å²) < 4.78 is 5.17. The standard InChI is InChI=1S/C18H24O2/c1-12(2)16-10-5-13(3)17(18(16)19)11-14-6-8-15(20-4)9-7-14/h6-9,11-13,19H,5,10H2,1-4H3/b17-11+/t13-/m0/s1. The highest BCUT2D eigenvalue weighted by Gasteiger charge is 2.24. The van der Waals surface area contributed by atoms with Crippen molar-refractivity contribution in [2.45, 2.75) is 33.6 Å². The van der Waals surface area contributed by atoms with Crippen LogP contribution < -0.4 is 4.74 Å². The number of aliphatic hydroxyl groups is 1. The van der Waals surface area contributed by atoms with Gasteiger partial charge in [0.2, 0.25) is 0 Å². The molecule has 108 valence electrons. The van der Waals surface area contributed by atoms with Crippen LogP contribution in [0.3, 0.4) is 0 Å². The number of hydrogen-bond donors (Lipinski definition) is 1. The van der Waals surface area contributed by atoms with Crippen LogP contribution in [0.5, 0.6) is 5.75 Å². The van der Waals surface area contributed by atoms with Crippen LogP contribution in [-0.2, 0) is 0 Å². The SMILES string of the molecule is COc1ccc(/C=C2/C(O)=C(C(C)C)CC[C@@H]2C)cc1. The van der Waals surface area contributed by atoms with Crippen molar-refractivity contribution in [3.05, 3.63) is 46.7 Å². The van der Waals surface area contributed by atoms with E-state index in [0.717, 1.165) is 29.7 Å². The van der Waals surface area contributed by atoms with Gasteiger partial charge in [-0.3, -0.25) is 0 Å². The van der Waals surface area contributed by atoms with Gasteiger partial charge in [-0.2, -0.15) is 0 Å². The lowest BCUT2D eigenvalue weighted by molar-refractivity contribution is 0.367. The summed E-state index contributed by atoms with van der Waals surface area (Å²) in [5.41, 5.74) is 3.34. The van der Waals surface area contributed by atoms with Gasteiger partial charge < -0.3 is 9.84 Å². The second-order valence-electron chi connectivity index (χ2n) is 5.84. The first kappa shape index (κ1) is 14.7. The fourth-order valence-electron chi connectivity index (χ4n) is 2.72. The molecular formula is C18H24O2. The summed E-state index contributed by atoms with van der Waals surface area (Å²) in [7, 11) is 1.67. The first-order chi connectivity index (χ1) is 9.52. The number of methoxy groups -OCH3 is 1. The highest BCUT2D eigenvalue weighted by molar-refractivity contribution is 5.60. The largest absolute Gasteiger partial charge is 0.508 e. The van der Waals surface area contributed by atoms with Crippen molar-refractivity contribution in [1.82, 2.24) is 0 Å². The second kappa shape index (κ2) is 6.17. The molecule has 1 atom stereocenters.